The van der Waals surface area contributed by atoms with Crippen molar-refractivity contribution >= 4 is 44.1 Å². The molecule has 1 aromatic heterocycles. The van der Waals surface area contributed by atoms with Gasteiger partial charge in [-0.15, -0.1) is 11.3 Å². The second-order valence-electron chi connectivity index (χ2n) is 8.07. The van der Waals surface area contributed by atoms with Crippen LogP contribution < -0.4 is 11.1 Å². The van der Waals surface area contributed by atoms with Crippen LogP contribution in [0.1, 0.15) is 40.1 Å². The molecule has 176 valence electrons. The van der Waals surface area contributed by atoms with Crippen molar-refractivity contribution in [1.29, 1.82) is 0 Å². The number of piperidine rings is 1. The minimum absolute atomic E-state index is 0.200. The highest BCUT2D eigenvalue weighted by Gasteiger charge is 2.33. The zero-order chi connectivity index (χ0) is 23.6. The van der Waals surface area contributed by atoms with Crippen LogP contribution in [0.2, 0.25) is 0 Å². The van der Waals surface area contributed by atoms with Gasteiger partial charge in [0.15, 0.2) is 6.61 Å². The van der Waals surface area contributed by atoms with Crippen molar-refractivity contribution in [3.8, 4) is 0 Å². The summed E-state index contributed by atoms with van der Waals surface area (Å²) < 4.78 is 31.9. The van der Waals surface area contributed by atoms with Gasteiger partial charge in [0.1, 0.15) is 5.00 Å². The van der Waals surface area contributed by atoms with Crippen LogP contribution in [0.25, 0.3) is 0 Å². The summed E-state index contributed by atoms with van der Waals surface area (Å²) in [6.07, 6.45) is 3.20. The van der Waals surface area contributed by atoms with E-state index in [1.54, 1.807) is 30.3 Å². The van der Waals surface area contributed by atoms with E-state index in [0.29, 0.717) is 23.4 Å². The van der Waals surface area contributed by atoms with E-state index in [2.05, 4.69) is 5.32 Å². The molecule has 33 heavy (non-hydrogen) atoms. The second kappa shape index (κ2) is 9.62. The second-order valence-corrected chi connectivity index (χ2v) is 11.1. The predicted molar refractivity (Wildman–Crippen MR) is 122 cm³/mol. The summed E-state index contributed by atoms with van der Waals surface area (Å²) in [4.78, 5) is 37.8. The van der Waals surface area contributed by atoms with Gasteiger partial charge < -0.3 is 15.8 Å². The normalized spacial score (nSPS) is 16.8. The lowest BCUT2D eigenvalue weighted by Gasteiger charge is -2.30. The van der Waals surface area contributed by atoms with E-state index < -0.39 is 40.3 Å². The number of aryl methyl sites for hydroxylation is 1. The summed E-state index contributed by atoms with van der Waals surface area (Å²) >= 11 is 1.33. The predicted octanol–water partition coefficient (Wildman–Crippen LogP) is 1.92. The van der Waals surface area contributed by atoms with Crippen LogP contribution in [-0.4, -0.2) is 50.2 Å². The van der Waals surface area contributed by atoms with Crippen LogP contribution in [0.5, 0.6) is 0 Å². The van der Waals surface area contributed by atoms with E-state index in [0.717, 1.165) is 29.7 Å². The molecule has 4 rings (SSSR count). The molecule has 1 aromatic carbocycles. The van der Waals surface area contributed by atoms with Gasteiger partial charge in [-0.1, -0.05) is 18.2 Å². The average Bonchev–Trinajstić information content (AvgIpc) is 3.38. The molecule has 0 radical (unpaired) electrons. The van der Waals surface area contributed by atoms with E-state index >= 15 is 0 Å². The Hall–Kier alpha value is -2.76. The maximum absolute atomic E-state index is 12.7. The van der Waals surface area contributed by atoms with Crippen molar-refractivity contribution in [3.63, 3.8) is 0 Å². The lowest BCUT2D eigenvalue weighted by molar-refractivity contribution is -0.152. The van der Waals surface area contributed by atoms with Crippen LogP contribution in [0.4, 0.5) is 5.00 Å². The third-order valence-electron chi connectivity index (χ3n) is 5.93. The molecule has 9 nitrogen and oxygen atoms in total. The van der Waals surface area contributed by atoms with Crippen molar-refractivity contribution < 1.29 is 27.5 Å². The third-order valence-corrected chi connectivity index (χ3v) is 9.05. The Balaban J connectivity index is 1.28. The van der Waals surface area contributed by atoms with E-state index in [9.17, 15) is 22.8 Å². The number of fused-ring (bicyclic) bond motifs is 1. The first kappa shape index (κ1) is 23.4. The SMILES string of the molecule is NC(=O)c1c(NC(=O)COC(=O)C2CCN(S(=O)(=O)c3ccccc3)CC2)sc2c1CCC2. The first-order valence-electron chi connectivity index (χ1n) is 10.7. The Morgan fingerprint density at radius 2 is 1.82 bits per heavy atom. The van der Waals surface area contributed by atoms with Crippen LogP contribution in [-0.2, 0) is 37.2 Å². The Kier molecular flexibility index (Phi) is 6.82. The number of hydrogen-bond acceptors (Lipinski definition) is 7. The Labute approximate surface area is 196 Å². The number of amides is 2. The van der Waals surface area contributed by atoms with E-state index in [4.69, 9.17) is 10.5 Å². The molecule has 0 atom stereocenters. The molecule has 0 bridgehead atoms. The Bertz CT molecular complexity index is 1170. The molecule has 0 saturated carbocycles. The molecule has 2 amide bonds. The largest absolute Gasteiger partial charge is 0.455 e. The van der Waals surface area contributed by atoms with Crippen molar-refractivity contribution in [2.45, 2.75) is 37.0 Å². The minimum Gasteiger partial charge on any atom is -0.455 e. The third kappa shape index (κ3) is 4.94. The minimum atomic E-state index is -3.60. The number of carbonyl (C=O) groups is 3. The summed E-state index contributed by atoms with van der Waals surface area (Å²) in [7, 11) is -3.60. The summed E-state index contributed by atoms with van der Waals surface area (Å²) in [5, 5.41) is 3.03. The number of anilines is 1. The van der Waals surface area contributed by atoms with Crippen molar-refractivity contribution in [1.82, 2.24) is 4.31 Å². The number of sulfonamides is 1. The molecule has 2 aliphatic rings. The first-order valence-corrected chi connectivity index (χ1v) is 13.0. The molecular weight excluding hydrogens is 466 g/mol. The average molecular weight is 492 g/mol. The van der Waals surface area contributed by atoms with Crippen molar-refractivity contribution in [3.05, 3.63) is 46.3 Å². The number of carbonyl (C=O) groups excluding carboxylic acids is 3. The topological polar surface area (TPSA) is 136 Å². The molecule has 0 spiro atoms. The first-order chi connectivity index (χ1) is 15.8. The fourth-order valence-corrected chi connectivity index (χ4v) is 7.05. The van der Waals surface area contributed by atoms with Gasteiger partial charge in [0.2, 0.25) is 10.0 Å². The molecule has 1 saturated heterocycles. The van der Waals surface area contributed by atoms with Crippen molar-refractivity contribution in [2.24, 2.45) is 11.7 Å². The number of rotatable bonds is 7. The number of benzene rings is 1. The molecule has 3 N–H and O–H groups in total. The fourth-order valence-electron chi connectivity index (χ4n) is 4.24. The summed E-state index contributed by atoms with van der Waals surface area (Å²) in [6, 6.07) is 8.16. The maximum Gasteiger partial charge on any atom is 0.309 e. The molecule has 2 aromatic rings. The van der Waals surface area contributed by atoms with Gasteiger partial charge in [-0.3, -0.25) is 14.4 Å². The lowest BCUT2D eigenvalue weighted by Crippen LogP contribution is -2.40. The Morgan fingerprint density at radius 1 is 1.12 bits per heavy atom. The lowest BCUT2D eigenvalue weighted by atomic mass is 9.98. The van der Waals surface area contributed by atoms with Gasteiger partial charge in [0, 0.05) is 18.0 Å². The number of esters is 1. The summed E-state index contributed by atoms with van der Waals surface area (Å²) in [6.45, 7) is -0.0834. The number of thiophene rings is 1. The van der Waals surface area contributed by atoms with Crippen molar-refractivity contribution in [2.75, 3.05) is 25.0 Å². The van der Waals surface area contributed by atoms with E-state index in [-0.39, 0.29) is 18.0 Å². The number of nitrogens with two attached hydrogens (primary N) is 1. The van der Waals surface area contributed by atoms with Gasteiger partial charge in [0.25, 0.3) is 11.8 Å². The smallest absolute Gasteiger partial charge is 0.309 e. The highest BCUT2D eigenvalue weighted by atomic mass is 32.2. The van der Waals surface area contributed by atoms with Crippen LogP contribution in [0.3, 0.4) is 0 Å². The van der Waals surface area contributed by atoms with Gasteiger partial charge >= 0.3 is 5.97 Å². The van der Waals surface area contributed by atoms with Crippen LogP contribution >= 0.6 is 11.3 Å². The monoisotopic (exact) mass is 491 g/mol. The fraction of sp³-hybridized carbons (Fsp3) is 0.409. The standard InChI is InChI=1S/C22H25N3O6S2/c23-20(27)19-16-7-4-8-17(16)32-21(19)24-18(26)13-31-22(28)14-9-11-25(12-10-14)33(29,30)15-5-2-1-3-6-15/h1-3,5-6,14H,4,7-13H2,(H2,23,27)(H,24,26). The molecule has 0 unspecified atom stereocenters. The summed E-state index contributed by atoms with van der Waals surface area (Å²) in [5.41, 5.74) is 6.74. The highest BCUT2D eigenvalue weighted by Crippen LogP contribution is 2.38. The number of nitrogens with zero attached hydrogens (tertiary/aromatic N) is 1. The molecule has 1 aliphatic heterocycles. The number of nitrogens with one attached hydrogen (secondary N) is 1. The van der Waals surface area contributed by atoms with Gasteiger partial charge in [-0.2, -0.15) is 4.31 Å². The van der Waals surface area contributed by atoms with E-state index in [1.165, 1.54) is 15.6 Å². The summed E-state index contributed by atoms with van der Waals surface area (Å²) in [5.74, 6) is -2.15. The zero-order valence-electron chi connectivity index (χ0n) is 17.9. The number of primary amides is 1. The van der Waals surface area contributed by atoms with Gasteiger partial charge in [0.05, 0.1) is 16.4 Å². The number of hydrogen-bond donors (Lipinski definition) is 2. The quantitative estimate of drug-likeness (QED) is 0.568. The number of ether oxygens (including phenoxy) is 1. The molecule has 1 aliphatic carbocycles. The zero-order valence-corrected chi connectivity index (χ0v) is 19.5. The molecule has 2 heterocycles. The Morgan fingerprint density at radius 3 is 2.48 bits per heavy atom. The highest BCUT2D eigenvalue weighted by molar-refractivity contribution is 7.89. The van der Waals surface area contributed by atoms with E-state index in [1.807, 2.05) is 0 Å². The van der Waals surface area contributed by atoms with Gasteiger partial charge in [-0.25, -0.2) is 8.42 Å². The maximum atomic E-state index is 12.7. The molecule has 11 heteroatoms. The van der Waals surface area contributed by atoms with Crippen LogP contribution in [0, 0.1) is 5.92 Å². The van der Waals surface area contributed by atoms with Crippen LogP contribution in [0.15, 0.2) is 35.2 Å². The molecule has 1 fully saturated rings. The van der Waals surface area contributed by atoms with Gasteiger partial charge in [-0.05, 0) is 49.8 Å². The molecular formula is C22H25N3O6S2.